The lowest BCUT2D eigenvalue weighted by molar-refractivity contribution is -0.152. The van der Waals surface area contributed by atoms with Gasteiger partial charge in [-0.15, -0.1) is 0 Å². The van der Waals surface area contributed by atoms with Crippen molar-refractivity contribution in [3.05, 3.63) is 71.8 Å². The molecule has 2 aromatic rings. The smallest absolute Gasteiger partial charge is 0.410 e. The van der Waals surface area contributed by atoms with Crippen LogP contribution in [0.15, 0.2) is 60.7 Å². The number of morpholine rings is 1. The first-order chi connectivity index (χ1) is 23.7. The van der Waals surface area contributed by atoms with E-state index < -0.39 is 29.2 Å². The Morgan fingerprint density at radius 2 is 1.54 bits per heavy atom. The fourth-order valence-corrected chi connectivity index (χ4v) is 7.23. The number of nitrogens with zero attached hydrogens (tertiary/aromatic N) is 3. The van der Waals surface area contributed by atoms with Crippen molar-refractivity contribution >= 4 is 24.0 Å². The number of hydrogen-bond donors (Lipinski definition) is 1. The summed E-state index contributed by atoms with van der Waals surface area (Å²) in [5, 5.41) is 2.84. The summed E-state index contributed by atoms with van der Waals surface area (Å²) >= 11 is 0. The highest BCUT2D eigenvalue weighted by atomic mass is 16.6. The third kappa shape index (κ3) is 9.56. The lowest BCUT2D eigenvalue weighted by Crippen LogP contribution is -2.59. The molecule has 3 aliphatic rings. The standard InChI is InChI=1S/C39H54N4O7/c1-38(2,3)33(40-36(46)49-26-27-13-9-7-10-14-27)35(45)43-20-18-30(23-28-17-19-42(24-28)37(47)50-39(4,5)6)32(43)34(44)41-21-22-48-31(25-41)29-15-11-8-12-16-29/h7-16,28,30-33H,17-26H2,1-6H3,(H,40,46)/t28-,30-,31-,32-,33+/m0/s1. The molecule has 5 atom stereocenters. The molecule has 0 bridgehead atoms. The van der Waals surface area contributed by atoms with E-state index >= 15 is 0 Å². The molecule has 50 heavy (non-hydrogen) atoms. The van der Waals surface area contributed by atoms with Crippen molar-refractivity contribution in [2.45, 2.75) is 91.2 Å². The van der Waals surface area contributed by atoms with E-state index in [1.165, 1.54) is 0 Å². The Balaban J connectivity index is 1.34. The number of carbonyl (C=O) groups excluding carboxylic acids is 4. The third-order valence-electron chi connectivity index (χ3n) is 9.77. The van der Waals surface area contributed by atoms with Gasteiger partial charge in [0.05, 0.1) is 13.2 Å². The highest BCUT2D eigenvalue weighted by Gasteiger charge is 2.49. The first-order valence-corrected chi connectivity index (χ1v) is 17.9. The zero-order chi connectivity index (χ0) is 36.1. The summed E-state index contributed by atoms with van der Waals surface area (Å²) in [4.78, 5) is 60.3. The van der Waals surface area contributed by atoms with Gasteiger partial charge in [-0.25, -0.2) is 9.59 Å². The summed E-state index contributed by atoms with van der Waals surface area (Å²) < 4.78 is 17.2. The van der Waals surface area contributed by atoms with E-state index in [4.69, 9.17) is 14.2 Å². The van der Waals surface area contributed by atoms with Gasteiger partial charge in [-0.1, -0.05) is 81.4 Å². The SMILES string of the molecule is CC(C)(C)OC(=O)N1CC[C@@H](C[C@@H]2CCN(C(=O)[C@@H](NC(=O)OCc3ccccc3)C(C)(C)C)[C@@H]2C(=O)N2CCO[C@H](c3ccccc3)C2)C1. The van der Waals surface area contributed by atoms with Crippen LogP contribution < -0.4 is 5.32 Å². The van der Waals surface area contributed by atoms with Crippen molar-refractivity contribution in [3.8, 4) is 0 Å². The monoisotopic (exact) mass is 690 g/mol. The van der Waals surface area contributed by atoms with Crippen LogP contribution in [-0.4, -0.2) is 95.7 Å². The molecule has 0 aliphatic carbocycles. The van der Waals surface area contributed by atoms with E-state index in [0.717, 1.165) is 17.5 Å². The van der Waals surface area contributed by atoms with Gasteiger partial charge in [-0.2, -0.15) is 0 Å². The molecule has 3 heterocycles. The lowest BCUT2D eigenvalue weighted by atomic mass is 9.84. The van der Waals surface area contributed by atoms with Crippen molar-refractivity contribution < 1.29 is 33.4 Å². The average molecular weight is 691 g/mol. The lowest BCUT2D eigenvalue weighted by Gasteiger charge is -2.40. The number of nitrogens with one attached hydrogen (secondary N) is 1. The molecule has 0 radical (unpaired) electrons. The second-order valence-corrected chi connectivity index (χ2v) is 15.9. The maximum atomic E-state index is 14.6. The first-order valence-electron chi connectivity index (χ1n) is 17.9. The van der Waals surface area contributed by atoms with E-state index in [-0.39, 0.29) is 42.5 Å². The van der Waals surface area contributed by atoms with Gasteiger partial charge in [-0.05, 0) is 68.4 Å². The van der Waals surface area contributed by atoms with Crippen molar-refractivity contribution in [3.63, 3.8) is 0 Å². The van der Waals surface area contributed by atoms with Crippen LogP contribution in [0.5, 0.6) is 0 Å². The van der Waals surface area contributed by atoms with Crippen LogP contribution in [0.3, 0.4) is 0 Å². The largest absolute Gasteiger partial charge is 0.445 e. The molecule has 0 spiro atoms. The maximum Gasteiger partial charge on any atom is 0.410 e. The van der Waals surface area contributed by atoms with Gasteiger partial charge in [-0.3, -0.25) is 9.59 Å². The van der Waals surface area contributed by atoms with Crippen molar-refractivity contribution in [2.75, 3.05) is 39.3 Å². The van der Waals surface area contributed by atoms with Crippen molar-refractivity contribution in [1.82, 2.24) is 20.0 Å². The van der Waals surface area contributed by atoms with Crippen LogP contribution in [-0.2, 0) is 30.4 Å². The zero-order valence-corrected chi connectivity index (χ0v) is 30.4. The zero-order valence-electron chi connectivity index (χ0n) is 30.4. The van der Waals surface area contributed by atoms with Gasteiger partial charge in [0, 0.05) is 26.2 Å². The Kier molecular flexibility index (Phi) is 11.8. The molecule has 0 unspecified atom stereocenters. The molecule has 3 fully saturated rings. The number of rotatable bonds is 8. The number of amides is 4. The Morgan fingerprint density at radius 1 is 0.860 bits per heavy atom. The van der Waals surface area contributed by atoms with Gasteiger partial charge in [0.2, 0.25) is 11.8 Å². The molecule has 1 N–H and O–H groups in total. The van der Waals surface area contributed by atoms with Crippen LogP contribution in [0.1, 0.15) is 78.0 Å². The number of alkyl carbamates (subject to hydrolysis) is 1. The van der Waals surface area contributed by atoms with Gasteiger partial charge in [0.1, 0.15) is 30.4 Å². The Labute approximate surface area is 296 Å². The Morgan fingerprint density at radius 3 is 2.20 bits per heavy atom. The first kappa shape index (κ1) is 37.1. The minimum Gasteiger partial charge on any atom is -0.445 e. The number of ether oxygens (including phenoxy) is 3. The fraction of sp³-hybridized carbons (Fsp3) is 0.590. The van der Waals surface area contributed by atoms with Crippen LogP contribution in [0.25, 0.3) is 0 Å². The average Bonchev–Trinajstić information content (AvgIpc) is 3.73. The maximum absolute atomic E-state index is 14.6. The molecular weight excluding hydrogens is 636 g/mol. The molecule has 272 valence electrons. The predicted octanol–water partition coefficient (Wildman–Crippen LogP) is 5.79. The van der Waals surface area contributed by atoms with Gasteiger partial charge in [0.25, 0.3) is 0 Å². The molecule has 11 heteroatoms. The van der Waals surface area contributed by atoms with Gasteiger partial charge < -0.3 is 34.2 Å². The summed E-state index contributed by atoms with van der Waals surface area (Å²) in [5.74, 6) is -0.348. The molecule has 2 aromatic carbocycles. The van der Waals surface area contributed by atoms with Crippen LogP contribution >= 0.6 is 0 Å². The summed E-state index contributed by atoms with van der Waals surface area (Å²) in [5.41, 5.74) is 0.594. The quantitative estimate of drug-likeness (QED) is 0.373. The predicted molar refractivity (Wildman–Crippen MR) is 189 cm³/mol. The summed E-state index contributed by atoms with van der Waals surface area (Å²) in [7, 11) is 0. The highest BCUT2D eigenvalue weighted by Crippen LogP contribution is 2.37. The van der Waals surface area contributed by atoms with Gasteiger partial charge in [0.15, 0.2) is 0 Å². The molecule has 3 aliphatic heterocycles. The number of likely N-dealkylation sites (tertiary alicyclic amines) is 2. The Bertz CT molecular complexity index is 1470. The number of carbonyl (C=O) groups is 4. The second kappa shape index (κ2) is 15.8. The number of benzene rings is 2. The molecule has 4 amide bonds. The minimum atomic E-state index is -0.921. The topological polar surface area (TPSA) is 118 Å². The van der Waals surface area contributed by atoms with Crippen molar-refractivity contribution in [2.24, 2.45) is 17.3 Å². The third-order valence-corrected chi connectivity index (χ3v) is 9.77. The molecule has 0 aromatic heterocycles. The molecule has 3 saturated heterocycles. The van der Waals surface area contributed by atoms with E-state index in [0.29, 0.717) is 52.2 Å². The van der Waals surface area contributed by atoms with Crippen LogP contribution in [0.4, 0.5) is 9.59 Å². The van der Waals surface area contributed by atoms with E-state index in [9.17, 15) is 19.2 Å². The normalized spacial score (nSPS) is 23.4. The summed E-state index contributed by atoms with van der Waals surface area (Å²) in [6, 6.07) is 17.6. The summed E-state index contributed by atoms with van der Waals surface area (Å²) in [6.07, 6.45) is 0.865. The minimum absolute atomic E-state index is 0.0753. The summed E-state index contributed by atoms with van der Waals surface area (Å²) in [6.45, 7) is 14.1. The van der Waals surface area contributed by atoms with Crippen LogP contribution in [0.2, 0.25) is 0 Å². The van der Waals surface area contributed by atoms with Crippen molar-refractivity contribution in [1.29, 1.82) is 0 Å². The van der Waals surface area contributed by atoms with E-state index in [1.807, 2.05) is 107 Å². The van der Waals surface area contributed by atoms with Gasteiger partial charge >= 0.3 is 12.2 Å². The molecule has 5 rings (SSSR count). The molecule has 0 saturated carbocycles. The van der Waals surface area contributed by atoms with E-state index in [1.54, 1.807) is 9.80 Å². The van der Waals surface area contributed by atoms with Crippen LogP contribution in [0, 0.1) is 17.3 Å². The van der Waals surface area contributed by atoms with E-state index in [2.05, 4.69) is 5.32 Å². The molecular formula is C39H54N4O7. The fourth-order valence-electron chi connectivity index (χ4n) is 7.23. The number of hydrogen-bond acceptors (Lipinski definition) is 7. The highest BCUT2D eigenvalue weighted by molar-refractivity contribution is 5.92. The second-order valence-electron chi connectivity index (χ2n) is 15.9. The Hall–Kier alpha value is -4.12. The molecule has 11 nitrogen and oxygen atoms in total.